The molecule has 0 spiro atoms. The molecule has 2 aromatic carbocycles. The maximum absolute atomic E-state index is 6.17. The molecule has 0 saturated heterocycles. The van der Waals surface area contributed by atoms with E-state index in [-0.39, 0.29) is 85.8 Å². The van der Waals surface area contributed by atoms with E-state index in [1.165, 1.54) is 28.2 Å². The molecule has 0 amide bonds. The fourth-order valence-electron chi connectivity index (χ4n) is 2.72. The molecule has 1 nitrogen and oxygen atoms in total. The van der Waals surface area contributed by atoms with Crippen molar-refractivity contribution in [2.75, 3.05) is 0 Å². The van der Waals surface area contributed by atoms with Crippen molar-refractivity contribution in [3.63, 3.8) is 0 Å². The fourth-order valence-corrected chi connectivity index (χ4v) is 2.72. The predicted molar refractivity (Wildman–Crippen MR) is 92.7 cm³/mol. The van der Waals surface area contributed by atoms with Gasteiger partial charge in [0.2, 0.25) is 0 Å². The molecular formula is C21H25OReY2-3. The zero-order chi connectivity index (χ0) is 16.6. The molecule has 0 fully saturated rings. The molecule has 0 unspecified atom stereocenters. The van der Waals surface area contributed by atoms with Gasteiger partial charge in [0.15, 0.2) is 0 Å². The molecule has 25 heavy (non-hydrogen) atoms. The molecule has 3 radical (unpaired) electrons. The third kappa shape index (κ3) is 6.52. The second kappa shape index (κ2) is 11.7. The van der Waals surface area contributed by atoms with Crippen LogP contribution in [0.1, 0.15) is 52.8 Å². The summed E-state index contributed by atoms with van der Waals surface area (Å²) in [6.45, 7) is 16.9. The van der Waals surface area contributed by atoms with E-state index in [2.05, 4.69) is 73.6 Å². The van der Waals surface area contributed by atoms with E-state index >= 15 is 0 Å². The van der Waals surface area contributed by atoms with Crippen molar-refractivity contribution >= 4 is 0 Å². The number of benzene rings is 2. The normalized spacial score (nSPS) is 9.44. The Kier molecular flexibility index (Phi) is 13.2. The summed E-state index contributed by atoms with van der Waals surface area (Å²) in [5.41, 5.74) is 8.48. The van der Waals surface area contributed by atoms with Crippen LogP contribution in [0.2, 0.25) is 0 Å². The Balaban J connectivity index is 0. The molecule has 0 aliphatic heterocycles. The van der Waals surface area contributed by atoms with Crippen LogP contribution in [-0.4, -0.2) is 0 Å². The standard InChI is InChI=1S/C21H25O.Re.2Y/c1-12(2)21-18(8)17(7)15(5)11-20(21)22-19-9-13(3)16(6)14(4)10-19;;;/h9H,1-8H3;;;/q-3;;;. The molecule has 131 valence electrons. The Bertz CT molecular complexity index is 701. The Hall–Kier alpha value is 0.980. The SMILES string of the molecule is Cc1[c-]c(Oc2[c-]c(C)c(C)c(C)c2[C-](C)C)cc(C)c1C.[Re].[Y].[Y]. The van der Waals surface area contributed by atoms with Crippen molar-refractivity contribution in [2.24, 2.45) is 0 Å². The minimum Gasteiger partial charge on any atom is -0.566 e. The predicted octanol–water partition coefficient (Wildman–Crippen LogP) is 5.88. The molecule has 0 aliphatic rings. The van der Waals surface area contributed by atoms with Gasteiger partial charge in [0, 0.05) is 85.8 Å². The molecule has 4 heteroatoms. The number of hydrogen-bond acceptors (Lipinski definition) is 1. The van der Waals surface area contributed by atoms with Crippen LogP contribution in [0.15, 0.2) is 6.07 Å². The first kappa shape index (κ1) is 28.2. The van der Waals surface area contributed by atoms with Gasteiger partial charge in [-0.15, -0.1) is 32.9 Å². The molecule has 0 N–H and O–H groups in total. The van der Waals surface area contributed by atoms with Crippen molar-refractivity contribution in [3.05, 3.63) is 63.1 Å². The Morgan fingerprint density at radius 3 is 1.80 bits per heavy atom. The smallest absolute Gasteiger partial charge is 0 e. The van der Waals surface area contributed by atoms with Crippen LogP contribution in [0.4, 0.5) is 0 Å². The topological polar surface area (TPSA) is 9.23 Å². The van der Waals surface area contributed by atoms with Gasteiger partial charge in [0.25, 0.3) is 0 Å². The summed E-state index contributed by atoms with van der Waals surface area (Å²) in [5, 5.41) is 0. The van der Waals surface area contributed by atoms with Crippen molar-refractivity contribution in [1.82, 2.24) is 0 Å². The van der Waals surface area contributed by atoms with Gasteiger partial charge in [-0.3, -0.25) is 11.1 Å². The van der Waals surface area contributed by atoms with Crippen LogP contribution in [0, 0.1) is 59.6 Å². The Morgan fingerprint density at radius 1 is 0.800 bits per heavy atom. The number of rotatable bonds is 3. The van der Waals surface area contributed by atoms with Crippen molar-refractivity contribution in [3.8, 4) is 11.5 Å². The van der Waals surface area contributed by atoms with Crippen LogP contribution >= 0.6 is 0 Å². The zero-order valence-electron chi connectivity index (χ0n) is 16.5. The largest absolute Gasteiger partial charge is 0.566 e. The second-order valence-corrected chi connectivity index (χ2v) is 6.37. The van der Waals surface area contributed by atoms with E-state index in [1.54, 1.807) is 0 Å². The first-order valence-electron chi connectivity index (χ1n) is 7.74. The molecule has 0 saturated carbocycles. The number of ether oxygens (including phenoxy) is 1. The molecule has 0 aliphatic carbocycles. The van der Waals surface area contributed by atoms with Crippen molar-refractivity contribution < 1.29 is 90.6 Å². The monoisotopic (exact) mass is 658 g/mol. The summed E-state index contributed by atoms with van der Waals surface area (Å²) in [5.74, 6) is 2.81. The first-order valence-corrected chi connectivity index (χ1v) is 7.74. The quantitative estimate of drug-likeness (QED) is 0.375. The first-order chi connectivity index (χ1) is 10.2. The van der Waals surface area contributed by atoms with Crippen LogP contribution < -0.4 is 4.74 Å². The van der Waals surface area contributed by atoms with E-state index in [0.717, 1.165) is 28.2 Å². The fraction of sp³-hybridized carbons (Fsp3) is 0.381. The summed E-state index contributed by atoms with van der Waals surface area (Å²) in [6, 6.07) is 8.79. The van der Waals surface area contributed by atoms with Crippen LogP contribution in [0.3, 0.4) is 0 Å². The van der Waals surface area contributed by atoms with Gasteiger partial charge in [-0.2, -0.15) is 22.3 Å². The van der Waals surface area contributed by atoms with Gasteiger partial charge in [-0.25, -0.2) is 17.5 Å². The molecular weight excluding hydrogens is 632 g/mol. The van der Waals surface area contributed by atoms with Crippen LogP contribution in [0.25, 0.3) is 0 Å². The maximum Gasteiger partial charge on any atom is 0 e. The van der Waals surface area contributed by atoms with Gasteiger partial charge >= 0.3 is 0 Å². The minimum absolute atomic E-state index is 0. The summed E-state index contributed by atoms with van der Waals surface area (Å²) in [7, 11) is 0. The second-order valence-electron chi connectivity index (χ2n) is 6.37. The average Bonchev–Trinajstić information content (AvgIpc) is 2.41. The van der Waals surface area contributed by atoms with E-state index < -0.39 is 0 Å². The molecule has 0 aromatic heterocycles. The summed E-state index contributed by atoms with van der Waals surface area (Å²) in [6.07, 6.45) is 0. The number of aryl methyl sites for hydroxylation is 3. The summed E-state index contributed by atoms with van der Waals surface area (Å²) < 4.78 is 6.17. The van der Waals surface area contributed by atoms with Crippen LogP contribution in [0.5, 0.6) is 11.5 Å². The molecule has 0 atom stereocenters. The minimum atomic E-state index is 0. The molecule has 2 rings (SSSR count). The maximum atomic E-state index is 6.17. The third-order valence-corrected chi connectivity index (χ3v) is 4.55. The summed E-state index contributed by atoms with van der Waals surface area (Å²) >= 11 is 0. The van der Waals surface area contributed by atoms with Crippen LogP contribution in [-0.2, 0) is 85.8 Å². The Labute approximate surface area is 217 Å². The summed E-state index contributed by atoms with van der Waals surface area (Å²) in [4.78, 5) is 0. The molecule has 0 heterocycles. The molecule has 2 aromatic rings. The van der Waals surface area contributed by atoms with Crippen molar-refractivity contribution in [1.29, 1.82) is 0 Å². The van der Waals surface area contributed by atoms with E-state index in [0.29, 0.717) is 0 Å². The van der Waals surface area contributed by atoms with E-state index in [4.69, 9.17) is 4.74 Å². The van der Waals surface area contributed by atoms with Gasteiger partial charge in [0.1, 0.15) is 0 Å². The third-order valence-electron chi connectivity index (χ3n) is 4.55. The van der Waals surface area contributed by atoms with Crippen molar-refractivity contribution in [2.45, 2.75) is 55.4 Å². The van der Waals surface area contributed by atoms with E-state index in [9.17, 15) is 0 Å². The molecule has 0 bridgehead atoms. The van der Waals surface area contributed by atoms with Gasteiger partial charge < -0.3 is 4.74 Å². The van der Waals surface area contributed by atoms with Gasteiger partial charge in [-0.1, -0.05) is 40.4 Å². The van der Waals surface area contributed by atoms with Gasteiger partial charge in [0.05, 0.1) is 0 Å². The van der Waals surface area contributed by atoms with E-state index in [1.807, 2.05) is 0 Å². The zero-order valence-corrected chi connectivity index (χ0v) is 24.9. The number of hydrogen-bond donors (Lipinski definition) is 0. The van der Waals surface area contributed by atoms with Gasteiger partial charge in [-0.05, 0) is 5.75 Å². The Morgan fingerprint density at radius 2 is 1.32 bits per heavy atom. The average molecular weight is 657 g/mol.